The van der Waals surface area contributed by atoms with Crippen LogP contribution < -0.4 is 26.0 Å². The van der Waals surface area contributed by atoms with Gasteiger partial charge in [-0.2, -0.15) is 15.3 Å². The first-order valence-electron chi connectivity index (χ1n) is 25.3. The van der Waals surface area contributed by atoms with Crippen LogP contribution in [-0.2, 0) is 16.1 Å². The first-order chi connectivity index (χ1) is 35.1. The second kappa shape index (κ2) is 23.0. The van der Waals surface area contributed by atoms with Crippen LogP contribution in [0.5, 0.6) is 0 Å². The molecule has 8 rings (SSSR count). The second-order valence-electron chi connectivity index (χ2n) is 20.1. The summed E-state index contributed by atoms with van der Waals surface area (Å²) in [7, 11) is 0. The number of hydrogen-bond donors (Lipinski definition) is 6. The van der Waals surface area contributed by atoms with Crippen LogP contribution in [0.4, 0.5) is 11.4 Å². The highest BCUT2D eigenvalue weighted by atomic mass is 35.5. The Morgan fingerprint density at radius 2 is 1.40 bits per heavy atom. The van der Waals surface area contributed by atoms with E-state index < -0.39 is 18.0 Å². The van der Waals surface area contributed by atoms with E-state index in [0.717, 1.165) is 76.9 Å². The van der Waals surface area contributed by atoms with Crippen molar-refractivity contribution in [3.8, 4) is 22.3 Å². The number of benzene rings is 2. The van der Waals surface area contributed by atoms with Crippen LogP contribution in [0.2, 0.25) is 5.02 Å². The Bertz CT molecular complexity index is 2950. The molecule has 0 bridgehead atoms. The van der Waals surface area contributed by atoms with Crippen LogP contribution in [0.15, 0.2) is 110 Å². The smallest absolute Gasteiger partial charge is 0.270 e. The highest BCUT2D eigenvalue weighted by Gasteiger charge is 2.37. The fourth-order valence-corrected chi connectivity index (χ4v) is 11.0. The average molecular weight is 1010 g/mol. The van der Waals surface area contributed by atoms with E-state index in [4.69, 9.17) is 11.6 Å². The lowest BCUT2D eigenvalue weighted by atomic mass is 9.75. The minimum absolute atomic E-state index is 0.0330. The Balaban J connectivity index is 0.939. The molecule has 17 heteroatoms. The molecule has 4 aromatic heterocycles. The molecule has 2 aliphatic rings. The normalized spacial score (nSPS) is 19.0. The third-order valence-electron chi connectivity index (χ3n) is 14.8. The van der Waals surface area contributed by atoms with Crippen molar-refractivity contribution in [1.82, 2.24) is 40.4 Å². The summed E-state index contributed by atoms with van der Waals surface area (Å²) in [5, 5.41) is 39.3. The number of pyridine rings is 1. The molecule has 0 saturated heterocycles. The largest absolute Gasteiger partial charge is 0.339 e. The van der Waals surface area contributed by atoms with Gasteiger partial charge in [-0.15, -0.1) is 6.58 Å². The minimum atomic E-state index is -0.890. The van der Waals surface area contributed by atoms with Gasteiger partial charge in [-0.25, -0.2) is 0 Å². The fraction of sp³-hybridized carbons (Fsp3) is 0.393. The second-order valence-corrected chi connectivity index (χ2v) is 20.5. The van der Waals surface area contributed by atoms with Crippen molar-refractivity contribution in [2.45, 2.75) is 117 Å². The Morgan fingerprint density at radius 1 is 0.808 bits per heavy atom. The lowest BCUT2D eigenvalue weighted by Crippen LogP contribution is -2.50. The van der Waals surface area contributed by atoms with Crippen LogP contribution in [-0.4, -0.2) is 70.7 Å². The van der Waals surface area contributed by atoms with E-state index in [2.05, 4.69) is 61.7 Å². The molecule has 0 radical (unpaired) electrons. The van der Waals surface area contributed by atoms with Gasteiger partial charge in [-0.1, -0.05) is 86.7 Å². The molecule has 0 spiro atoms. The van der Waals surface area contributed by atoms with Crippen molar-refractivity contribution in [1.29, 1.82) is 0 Å². The van der Waals surface area contributed by atoms with Gasteiger partial charge < -0.3 is 21.3 Å². The molecule has 2 aromatic carbocycles. The summed E-state index contributed by atoms with van der Waals surface area (Å²) in [5.74, 6) is -0.987. The highest BCUT2D eigenvalue weighted by Crippen LogP contribution is 2.37. The number of anilines is 2. The van der Waals surface area contributed by atoms with E-state index in [1.165, 1.54) is 6.20 Å². The third kappa shape index (κ3) is 12.1. The fourth-order valence-electron chi connectivity index (χ4n) is 10.7. The molecule has 2 fully saturated rings. The molecular formula is C56H67ClN11O5+. The maximum absolute atomic E-state index is 14.4. The van der Waals surface area contributed by atoms with Crippen molar-refractivity contribution < 1.29 is 29.1 Å². The molecule has 4 amide bonds. The predicted molar refractivity (Wildman–Crippen MR) is 282 cm³/mol. The molecule has 2 aliphatic carbocycles. The van der Waals surface area contributed by atoms with Crippen molar-refractivity contribution >= 4 is 46.6 Å². The Kier molecular flexibility index (Phi) is 16.4. The van der Waals surface area contributed by atoms with Gasteiger partial charge in [0, 0.05) is 52.7 Å². The Labute approximate surface area is 431 Å². The number of nitrogens with one attached hydrogen (secondary N) is 5. The molecule has 382 valence electrons. The maximum Gasteiger partial charge on any atom is 0.270 e. The quantitative estimate of drug-likeness (QED) is 0.0277. The lowest BCUT2D eigenvalue weighted by Gasteiger charge is -2.34. The van der Waals surface area contributed by atoms with E-state index >= 15 is 0 Å². The van der Waals surface area contributed by atoms with E-state index in [0.29, 0.717) is 64.2 Å². The molecule has 6 N–H and O–H groups in total. The molecule has 4 heterocycles. The van der Waals surface area contributed by atoms with Crippen LogP contribution >= 0.6 is 11.6 Å². The maximum atomic E-state index is 14.4. The number of hydrogen-bond acceptors (Lipinski definition) is 8. The summed E-state index contributed by atoms with van der Waals surface area (Å²) >= 11 is 6.52. The average Bonchev–Trinajstić information content (AvgIpc) is 4.15. The van der Waals surface area contributed by atoms with Gasteiger partial charge in [0.2, 0.25) is 23.7 Å². The number of allylic oxidation sites excluding steroid dienone is 2. The van der Waals surface area contributed by atoms with Crippen molar-refractivity contribution in [2.75, 3.05) is 10.6 Å². The molecule has 3 unspecified atom stereocenters. The van der Waals surface area contributed by atoms with Gasteiger partial charge in [0.15, 0.2) is 0 Å². The summed E-state index contributed by atoms with van der Waals surface area (Å²) in [6, 6.07) is 17.9. The first-order valence-corrected chi connectivity index (χ1v) is 25.7. The molecular weight excluding hydrogens is 942 g/mol. The van der Waals surface area contributed by atoms with Crippen molar-refractivity contribution in [3.63, 3.8) is 0 Å². The number of halogens is 1. The Hall–Kier alpha value is -7.33. The monoisotopic (exact) mass is 1010 g/mol. The number of carbonyl (C=O) groups excluding carboxylic acids is 4. The summed E-state index contributed by atoms with van der Waals surface area (Å²) in [6.07, 6.45) is 13.6. The van der Waals surface area contributed by atoms with Gasteiger partial charge in [0.25, 0.3) is 11.8 Å². The van der Waals surface area contributed by atoms with Gasteiger partial charge in [0.05, 0.1) is 28.9 Å². The number of carbonyl (C=O) groups is 4. The number of nitrogens with zero attached hydrogens (tertiary/aromatic N) is 6. The molecule has 16 nitrogen and oxygen atoms in total. The van der Waals surface area contributed by atoms with Crippen molar-refractivity contribution in [2.24, 2.45) is 23.7 Å². The molecule has 6 aromatic rings. The SMILES string of the molecule is C=CC(C)n1nccc1C(=O)N[C@H](C(=O)Nc1ccc(-c2c(Cl)cc[n+](O)c2C)cc1)C1CCCC(CC(=C)Cn2nccc2C(=O)N[C@H](C(=O)Nc2ccc(-c3c(C)n[nH]c3C)cc2)C2CCC(C)CC2)C1. The summed E-state index contributed by atoms with van der Waals surface area (Å²) in [4.78, 5) is 56.8. The Morgan fingerprint density at radius 3 is 2.01 bits per heavy atom. The minimum Gasteiger partial charge on any atom is -0.339 e. The number of aryl methyl sites for hydroxylation is 2. The van der Waals surface area contributed by atoms with Gasteiger partial charge >= 0.3 is 0 Å². The van der Waals surface area contributed by atoms with Crippen LogP contribution in [0.3, 0.4) is 0 Å². The summed E-state index contributed by atoms with van der Waals surface area (Å²) < 4.78 is 4.23. The molecule has 0 aliphatic heterocycles. The van der Waals surface area contributed by atoms with E-state index in [1.54, 1.807) is 65.1 Å². The third-order valence-corrected chi connectivity index (χ3v) is 15.1. The standard InChI is InChI=1S/C56H66ClN11O5/c1-8-35(4)68-48(25-28-59-68)54(70)63-52(56(72)61-45-22-18-41(19-23-45)50-38(7)67(73)29-26-46(50)57)43-11-9-10-39(31-43)30-34(3)32-66-47(24-27-58-66)53(69)62-51(42-14-12-33(2)13-15-42)55(71)60-44-20-16-40(17-21-44)49-36(5)64-65-37(49)6/h8,16-29,33,35,39,42-43,51-52H,1,3,9-15,30-32H2,2,4-7H3,(H5-,58,59,60,61,62,63,64,65,69,70,71,72,73)/p+1/t33?,35?,39?,42?,43?,51-,52-/m0/s1. The molecule has 73 heavy (non-hydrogen) atoms. The van der Waals surface area contributed by atoms with Crippen molar-refractivity contribution in [3.05, 3.63) is 144 Å². The van der Waals surface area contributed by atoms with E-state index in [9.17, 15) is 24.4 Å². The van der Waals surface area contributed by atoms with Crippen LogP contribution in [0.25, 0.3) is 22.3 Å². The zero-order valence-electron chi connectivity index (χ0n) is 42.3. The number of amides is 4. The lowest BCUT2D eigenvalue weighted by molar-refractivity contribution is -0.908. The van der Waals surface area contributed by atoms with Gasteiger partial charge in [-0.3, -0.25) is 38.8 Å². The first kappa shape index (κ1) is 52.0. The number of aromatic nitrogens is 7. The molecule has 2 saturated carbocycles. The number of aromatic amines is 1. The van der Waals surface area contributed by atoms with Crippen LogP contribution in [0, 0.1) is 44.4 Å². The summed E-state index contributed by atoms with van der Waals surface area (Å²) in [6.45, 7) is 18.4. The topological polar surface area (TPSA) is 205 Å². The highest BCUT2D eigenvalue weighted by molar-refractivity contribution is 6.33. The number of H-pyrrole nitrogens is 1. The van der Waals surface area contributed by atoms with E-state index in [-0.39, 0.29) is 48.1 Å². The number of rotatable bonds is 18. The molecule has 5 atom stereocenters. The van der Waals surface area contributed by atoms with Gasteiger partial charge in [0.1, 0.15) is 23.5 Å². The van der Waals surface area contributed by atoms with E-state index in [1.807, 2.05) is 57.2 Å². The zero-order valence-corrected chi connectivity index (χ0v) is 43.1. The zero-order chi connectivity index (χ0) is 51.9. The predicted octanol–water partition coefficient (Wildman–Crippen LogP) is 9.74. The van der Waals surface area contributed by atoms with Crippen LogP contribution in [0.1, 0.15) is 116 Å². The van der Waals surface area contributed by atoms with Gasteiger partial charge in [-0.05, 0) is 124 Å². The summed E-state index contributed by atoms with van der Waals surface area (Å²) in [5.41, 5.74) is 8.54.